The fourth-order valence-corrected chi connectivity index (χ4v) is 1.69. The van der Waals surface area contributed by atoms with Crippen LogP contribution in [0.1, 0.15) is 5.82 Å². The van der Waals surface area contributed by atoms with Gasteiger partial charge >= 0.3 is 5.97 Å². The Hall–Kier alpha value is -2.10. The fourth-order valence-electron chi connectivity index (χ4n) is 1.69. The first-order valence-corrected chi connectivity index (χ1v) is 5.00. The zero-order valence-electron chi connectivity index (χ0n) is 8.92. The van der Waals surface area contributed by atoms with Gasteiger partial charge in [0.2, 0.25) is 0 Å². The number of benzene rings is 1. The molecule has 0 atom stereocenters. The van der Waals surface area contributed by atoms with E-state index in [0.29, 0.717) is 6.54 Å². The average molecular weight is 216 g/mol. The second kappa shape index (κ2) is 4.18. The van der Waals surface area contributed by atoms with Gasteiger partial charge in [-0.2, -0.15) is 0 Å². The molecule has 1 N–H and O–H groups in total. The Bertz CT molecular complexity index is 555. The van der Waals surface area contributed by atoms with E-state index in [9.17, 15) is 4.79 Å². The van der Waals surface area contributed by atoms with Gasteiger partial charge in [0.15, 0.2) is 0 Å². The number of hydrogen-bond donors (Lipinski definition) is 1. The Morgan fingerprint density at radius 1 is 1.50 bits per heavy atom. The number of aryl methyl sites for hydroxylation is 1. The standard InChI is InChI=1S/C12H12N2O2/c1-9-13-10-5-2-3-6-11(10)14(9)8-4-7-12(15)16/h2-7H,8H2,1H3,(H,15,16). The molecule has 0 saturated heterocycles. The molecule has 0 bridgehead atoms. The van der Waals surface area contributed by atoms with Crippen molar-refractivity contribution in [1.82, 2.24) is 9.55 Å². The molecule has 1 aromatic heterocycles. The second-order valence-electron chi connectivity index (χ2n) is 3.50. The van der Waals surface area contributed by atoms with Crippen LogP contribution in [0.15, 0.2) is 36.4 Å². The Balaban J connectivity index is 2.36. The van der Waals surface area contributed by atoms with Crippen LogP contribution in [0.2, 0.25) is 0 Å². The molecule has 0 aliphatic carbocycles. The van der Waals surface area contributed by atoms with Gasteiger partial charge in [-0.25, -0.2) is 9.78 Å². The maximum Gasteiger partial charge on any atom is 0.328 e. The van der Waals surface area contributed by atoms with E-state index < -0.39 is 5.97 Å². The lowest BCUT2D eigenvalue weighted by Crippen LogP contribution is -1.98. The van der Waals surface area contributed by atoms with Crippen LogP contribution in [0.25, 0.3) is 11.0 Å². The van der Waals surface area contributed by atoms with Crippen molar-refractivity contribution in [2.24, 2.45) is 0 Å². The third kappa shape index (κ3) is 1.95. The number of hydrogen-bond acceptors (Lipinski definition) is 2. The lowest BCUT2D eigenvalue weighted by Gasteiger charge is -2.01. The van der Waals surface area contributed by atoms with Gasteiger partial charge in [0.25, 0.3) is 0 Å². The van der Waals surface area contributed by atoms with Gasteiger partial charge < -0.3 is 9.67 Å². The summed E-state index contributed by atoms with van der Waals surface area (Å²) in [7, 11) is 0. The molecule has 2 rings (SSSR count). The Labute approximate surface area is 92.8 Å². The largest absolute Gasteiger partial charge is 0.478 e. The van der Waals surface area contributed by atoms with E-state index in [1.165, 1.54) is 0 Å². The monoisotopic (exact) mass is 216 g/mol. The highest BCUT2D eigenvalue weighted by atomic mass is 16.4. The number of aromatic nitrogens is 2. The molecule has 16 heavy (non-hydrogen) atoms. The summed E-state index contributed by atoms with van der Waals surface area (Å²) >= 11 is 0. The number of carbonyl (C=O) groups is 1. The molecule has 0 aliphatic rings. The van der Waals surface area contributed by atoms with E-state index in [1.54, 1.807) is 6.08 Å². The minimum atomic E-state index is -0.929. The maximum absolute atomic E-state index is 10.4. The molecule has 1 heterocycles. The zero-order valence-corrected chi connectivity index (χ0v) is 8.92. The molecule has 0 unspecified atom stereocenters. The zero-order chi connectivity index (χ0) is 11.5. The number of imidazole rings is 1. The molecule has 0 fully saturated rings. The molecular formula is C12H12N2O2. The van der Waals surface area contributed by atoms with Crippen molar-refractivity contribution in [3.8, 4) is 0 Å². The Morgan fingerprint density at radius 3 is 3.00 bits per heavy atom. The predicted octanol–water partition coefficient (Wildman–Crippen LogP) is 1.99. The van der Waals surface area contributed by atoms with Gasteiger partial charge in [-0.3, -0.25) is 0 Å². The summed E-state index contributed by atoms with van der Waals surface area (Å²) in [5.41, 5.74) is 1.96. The topological polar surface area (TPSA) is 55.1 Å². The van der Waals surface area contributed by atoms with Gasteiger partial charge in [0.1, 0.15) is 5.82 Å². The second-order valence-corrected chi connectivity index (χ2v) is 3.50. The van der Waals surface area contributed by atoms with E-state index in [1.807, 2.05) is 35.8 Å². The quantitative estimate of drug-likeness (QED) is 0.798. The molecule has 0 amide bonds. The number of rotatable bonds is 3. The smallest absolute Gasteiger partial charge is 0.328 e. The van der Waals surface area contributed by atoms with Crippen LogP contribution in [0, 0.1) is 6.92 Å². The van der Waals surface area contributed by atoms with Crippen LogP contribution in [-0.4, -0.2) is 20.6 Å². The van der Waals surface area contributed by atoms with Crippen molar-refractivity contribution < 1.29 is 9.90 Å². The number of allylic oxidation sites excluding steroid dienone is 1. The van der Waals surface area contributed by atoms with E-state index in [-0.39, 0.29) is 0 Å². The maximum atomic E-state index is 10.4. The minimum absolute atomic E-state index is 0.526. The number of carboxylic acid groups (broad SMARTS) is 1. The first-order valence-electron chi connectivity index (χ1n) is 5.00. The Morgan fingerprint density at radius 2 is 2.25 bits per heavy atom. The first kappa shape index (κ1) is 10.4. The van der Waals surface area contributed by atoms with Crippen molar-refractivity contribution >= 4 is 17.0 Å². The highest BCUT2D eigenvalue weighted by molar-refractivity contribution is 5.80. The summed E-state index contributed by atoms with van der Waals surface area (Å²) in [4.78, 5) is 14.8. The number of fused-ring (bicyclic) bond motifs is 1. The van der Waals surface area contributed by atoms with E-state index in [2.05, 4.69) is 4.98 Å². The van der Waals surface area contributed by atoms with Gasteiger partial charge in [-0.05, 0) is 19.1 Å². The van der Waals surface area contributed by atoms with Gasteiger partial charge in [0, 0.05) is 12.6 Å². The summed E-state index contributed by atoms with van der Waals surface area (Å²) < 4.78 is 1.98. The molecule has 0 aliphatic heterocycles. The highest BCUT2D eigenvalue weighted by Crippen LogP contribution is 2.15. The fraction of sp³-hybridized carbons (Fsp3) is 0.167. The highest BCUT2D eigenvalue weighted by Gasteiger charge is 2.04. The first-order chi connectivity index (χ1) is 7.68. The van der Waals surface area contributed by atoms with Crippen LogP contribution < -0.4 is 0 Å². The van der Waals surface area contributed by atoms with Crippen molar-refractivity contribution in [2.75, 3.05) is 0 Å². The molecule has 4 nitrogen and oxygen atoms in total. The van der Waals surface area contributed by atoms with Crippen LogP contribution in [-0.2, 0) is 11.3 Å². The minimum Gasteiger partial charge on any atom is -0.478 e. The summed E-state index contributed by atoms with van der Waals surface area (Å²) in [6.45, 7) is 2.44. The van der Waals surface area contributed by atoms with Crippen molar-refractivity contribution in [2.45, 2.75) is 13.5 Å². The van der Waals surface area contributed by atoms with Crippen LogP contribution in [0.4, 0.5) is 0 Å². The van der Waals surface area contributed by atoms with Crippen LogP contribution in [0.3, 0.4) is 0 Å². The molecule has 4 heteroatoms. The number of carboxylic acids is 1. The van der Waals surface area contributed by atoms with E-state index in [4.69, 9.17) is 5.11 Å². The SMILES string of the molecule is Cc1nc2ccccc2n1CC=CC(=O)O. The molecule has 82 valence electrons. The molecular weight excluding hydrogens is 204 g/mol. The van der Waals surface area contributed by atoms with Gasteiger partial charge in [-0.1, -0.05) is 18.2 Å². The van der Waals surface area contributed by atoms with E-state index in [0.717, 1.165) is 22.9 Å². The molecule has 2 aromatic rings. The number of aliphatic carboxylic acids is 1. The average Bonchev–Trinajstić information content (AvgIpc) is 2.55. The normalized spacial score (nSPS) is 11.3. The lowest BCUT2D eigenvalue weighted by atomic mass is 10.3. The molecule has 0 spiro atoms. The van der Waals surface area contributed by atoms with Crippen LogP contribution in [0.5, 0.6) is 0 Å². The third-order valence-electron chi connectivity index (χ3n) is 2.39. The number of nitrogens with zero attached hydrogens (tertiary/aromatic N) is 2. The predicted molar refractivity (Wildman–Crippen MR) is 61.2 cm³/mol. The van der Waals surface area contributed by atoms with Crippen LogP contribution >= 0.6 is 0 Å². The summed E-state index contributed by atoms with van der Waals surface area (Å²) in [5, 5.41) is 8.51. The van der Waals surface area contributed by atoms with Gasteiger partial charge in [-0.15, -0.1) is 0 Å². The Kier molecular flexibility index (Phi) is 2.72. The van der Waals surface area contributed by atoms with Crippen molar-refractivity contribution in [3.63, 3.8) is 0 Å². The number of para-hydroxylation sites is 2. The summed E-state index contributed by atoms with van der Waals surface area (Å²) in [6.07, 6.45) is 2.76. The lowest BCUT2D eigenvalue weighted by molar-refractivity contribution is -0.131. The summed E-state index contributed by atoms with van der Waals surface area (Å²) in [6, 6.07) is 7.80. The van der Waals surface area contributed by atoms with Crippen molar-refractivity contribution in [3.05, 3.63) is 42.2 Å². The van der Waals surface area contributed by atoms with E-state index >= 15 is 0 Å². The van der Waals surface area contributed by atoms with Crippen molar-refractivity contribution in [1.29, 1.82) is 0 Å². The molecule has 1 aromatic carbocycles. The molecule has 0 radical (unpaired) electrons. The summed E-state index contributed by atoms with van der Waals surface area (Å²) in [5.74, 6) is -0.0432. The van der Waals surface area contributed by atoms with Gasteiger partial charge in [0.05, 0.1) is 11.0 Å². The molecule has 0 saturated carbocycles. The third-order valence-corrected chi connectivity index (χ3v) is 2.39.